The van der Waals surface area contributed by atoms with E-state index in [2.05, 4.69) is 10.6 Å². The summed E-state index contributed by atoms with van der Waals surface area (Å²) in [4.78, 5) is 26.4. The fraction of sp³-hybridized carbons (Fsp3) is 0.556. The number of aliphatic hydroxyl groups is 1. The smallest absolute Gasteiger partial charge is 0.227 e. The lowest BCUT2D eigenvalue weighted by atomic mass is 10.0. The number of para-hydroxylation sites is 2. The number of anilines is 1. The van der Waals surface area contributed by atoms with E-state index in [0.29, 0.717) is 44.2 Å². The van der Waals surface area contributed by atoms with Gasteiger partial charge in [-0.05, 0) is 19.1 Å². The van der Waals surface area contributed by atoms with Crippen molar-refractivity contribution in [3.05, 3.63) is 24.3 Å². The average molecular weight is 384 g/mol. The maximum Gasteiger partial charge on any atom is 0.227 e. The van der Waals surface area contributed by atoms with Crippen molar-refractivity contribution in [2.75, 3.05) is 37.7 Å². The van der Waals surface area contributed by atoms with Crippen LogP contribution in [0.1, 0.15) is 13.3 Å². The van der Waals surface area contributed by atoms with Crippen LogP contribution in [0.4, 0.5) is 5.69 Å². The molecular formula is C18H26ClN3O4. The Hall–Kier alpha value is -1.83. The zero-order valence-corrected chi connectivity index (χ0v) is 15.6. The lowest BCUT2D eigenvalue weighted by molar-refractivity contribution is -0.126. The van der Waals surface area contributed by atoms with E-state index in [1.54, 1.807) is 4.90 Å². The molecule has 2 aliphatic rings. The molecule has 8 heteroatoms. The van der Waals surface area contributed by atoms with Crippen molar-refractivity contribution in [2.45, 2.75) is 19.4 Å². The summed E-state index contributed by atoms with van der Waals surface area (Å²) in [6, 6.07) is 7.38. The van der Waals surface area contributed by atoms with E-state index in [-0.39, 0.29) is 42.5 Å². The van der Waals surface area contributed by atoms with E-state index in [9.17, 15) is 14.7 Å². The fourth-order valence-corrected chi connectivity index (χ4v) is 3.38. The number of hydrogen-bond donors (Lipinski definition) is 3. The van der Waals surface area contributed by atoms with Gasteiger partial charge in [-0.25, -0.2) is 0 Å². The predicted octanol–water partition coefficient (Wildman–Crippen LogP) is 0.557. The Morgan fingerprint density at radius 2 is 2.15 bits per heavy atom. The number of benzene rings is 1. The molecule has 144 valence electrons. The van der Waals surface area contributed by atoms with Gasteiger partial charge in [0.15, 0.2) is 0 Å². The van der Waals surface area contributed by atoms with Crippen molar-refractivity contribution in [1.82, 2.24) is 10.6 Å². The maximum absolute atomic E-state index is 12.4. The van der Waals surface area contributed by atoms with Crippen LogP contribution in [-0.2, 0) is 9.59 Å². The maximum atomic E-state index is 12.4. The van der Waals surface area contributed by atoms with Gasteiger partial charge in [-0.1, -0.05) is 12.1 Å². The van der Waals surface area contributed by atoms with Crippen LogP contribution in [0.15, 0.2) is 24.3 Å². The van der Waals surface area contributed by atoms with E-state index >= 15 is 0 Å². The summed E-state index contributed by atoms with van der Waals surface area (Å²) in [5.74, 6) is 0.0859. The van der Waals surface area contributed by atoms with Crippen LogP contribution in [0, 0.1) is 11.8 Å². The predicted molar refractivity (Wildman–Crippen MR) is 101 cm³/mol. The van der Waals surface area contributed by atoms with Crippen LogP contribution in [0.3, 0.4) is 0 Å². The Morgan fingerprint density at radius 3 is 2.85 bits per heavy atom. The molecule has 2 aliphatic heterocycles. The molecule has 3 atom stereocenters. The second-order valence-corrected chi connectivity index (χ2v) is 6.54. The molecule has 2 heterocycles. The molecule has 1 aromatic rings. The number of carbonyl (C=O) groups excluding carboxylic acids is 2. The van der Waals surface area contributed by atoms with Crippen molar-refractivity contribution >= 4 is 29.9 Å². The number of amides is 2. The minimum atomic E-state index is -0.430. The van der Waals surface area contributed by atoms with Gasteiger partial charge >= 0.3 is 0 Å². The molecule has 3 unspecified atom stereocenters. The summed E-state index contributed by atoms with van der Waals surface area (Å²) in [6.45, 7) is 4.43. The number of aliphatic hydroxyl groups excluding tert-OH is 1. The van der Waals surface area contributed by atoms with Crippen LogP contribution in [0.5, 0.6) is 5.75 Å². The summed E-state index contributed by atoms with van der Waals surface area (Å²) in [7, 11) is 0. The van der Waals surface area contributed by atoms with Crippen molar-refractivity contribution in [1.29, 1.82) is 0 Å². The van der Waals surface area contributed by atoms with Gasteiger partial charge in [-0.3, -0.25) is 9.59 Å². The zero-order chi connectivity index (χ0) is 17.8. The second-order valence-electron chi connectivity index (χ2n) is 6.54. The van der Waals surface area contributed by atoms with E-state index in [1.807, 2.05) is 31.2 Å². The molecule has 3 N–H and O–H groups in total. The second kappa shape index (κ2) is 9.21. The summed E-state index contributed by atoms with van der Waals surface area (Å²) >= 11 is 0. The van der Waals surface area contributed by atoms with Crippen LogP contribution in [-0.4, -0.2) is 55.8 Å². The zero-order valence-electron chi connectivity index (χ0n) is 14.8. The highest BCUT2D eigenvalue weighted by atomic mass is 35.5. The summed E-state index contributed by atoms with van der Waals surface area (Å²) in [5, 5.41) is 15.8. The van der Waals surface area contributed by atoms with E-state index in [4.69, 9.17) is 4.74 Å². The highest BCUT2D eigenvalue weighted by Gasteiger charge is 2.36. The molecule has 2 amide bonds. The van der Waals surface area contributed by atoms with Gasteiger partial charge in [0.05, 0.1) is 24.3 Å². The van der Waals surface area contributed by atoms with Gasteiger partial charge < -0.3 is 25.4 Å². The lowest BCUT2D eigenvalue weighted by Gasteiger charge is -2.20. The first-order chi connectivity index (χ1) is 12.1. The molecule has 0 aliphatic carbocycles. The lowest BCUT2D eigenvalue weighted by Crippen LogP contribution is -2.38. The Labute approximate surface area is 159 Å². The largest absolute Gasteiger partial charge is 0.492 e. The minimum Gasteiger partial charge on any atom is -0.492 e. The van der Waals surface area contributed by atoms with Gasteiger partial charge in [-0.2, -0.15) is 0 Å². The topological polar surface area (TPSA) is 90.9 Å². The number of ether oxygens (including phenoxy) is 1. The quantitative estimate of drug-likeness (QED) is 0.667. The minimum absolute atomic E-state index is 0. The summed E-state index contributed by atoms with van der Waals surface area (Å²) in [5.41, 5.74) is 0.708. The molecule has 2 fully saturated rings. The molecular weight excluding hydrogens is 358 g/mol. The Balaban J connectivity index is 0.00000243. The molecule has 7 nitrogen and oxygen atoms in total. The average Bonchev–Trinajstić information content (AvgIpc) is 3.19. The van der Waals surface area contributed by atoms with E-state index in [0.717, 1.165) is 0 Å². The van der Waals surface area contributed by atoms with E-state index < -0.39 is 6.10 Å². The van der Waals surface area contributed by atoms with Crippen LogP contribution >= 0.6 is 12.4 Å². The molecule has 2 saturated heterocycles. The molecule has 26 heavy (non-hydrogen) atoms. The molecule has 3 rings (SSSR count). The van der Waals surface area contributed by atoms with Crippen LogP contribution in [0.2, 0.25) is 0 Å². The Kier molecular flexibility index (Phi) is 7.25. The number of carbonyl (C=O) groups is 2. The molecule has 0 saturated carbocycles. The highest BCUT2D eigenvalue weighted by molar-refractivity contribution is 6.01. The fourth-order valence-electron chi connectivity index (χ4n) is 3.38. The van der Waals surface area contributed by atoms with Gasteiger partial charge in [0.25, 0.3) is 0 Å². The molecule has 0 aromatic heterocycles. The first-order valence-corrected chi connectivity index (χ1v) is 8.78. The van der Waals surface area contributed by atoms with Crippen LogP contribution in [0.25, 0.3) is 0 Å². The summed E-state index contributed by atoms with van der Waals surface area (Å²) in [6.07, 6.45) is -0.238. The standard InChI is InChI=1S/C18H25N3O4.ClH/c1-2-25-16-6-4-3-5-14(16)21-11-12(7-17(21)23)18(24)20-9-13-8-19-10-15(13)22;/h3-6,12-13,15,19,22H,2,7-11H2,1H3,(H,20,24);1H. The number of hydrogen-bond acceptors (Lipinski definition) is 5. The van der Waals surface area contributed by atoms with Gasteiger partial charge in [0, 0.05) is 38.5 Å². The molecule has 0 bridgehead atoms. The van der Waals surface area contributed by atoms with Gasteiger partial charge in [0.1, 0.15) is 5.75 Å². The Morgan fingerprint density at radius 1 is 1.38 bits per heavy atom. The first-order valence-electron chi connectivity index (χ1n) is 8.78. The monoisotopic (exact) mass is 383 g/mol. The third kappa shape index (κ3) is 4.47. The van der Waals surface area contributed by atoms with Crippen molar-refractivity contribution in [3.8, 4) is 5.75 Å². The third-order valence-electron chi connectivity index (χ3n) is 4.79. The van der Waals surface area contributed by atoms with Gasteiger partial charge in [-0.15, -0.1) is 12.4 Å². The van der Waals surface area contributed by atoms with Crippen molar-refractivity contribution < 1.29 is 19.4 Å². The normalized spacial score (nSPS) is 25.1. The number of β-amino-alcohol motifs (C(OH)–C–C–N with tert-alkyl or cyclic N) is 1. The van der Waals surface area contributed by atoms with Crippen molar-refractivity contribution in [2.24, 2.45) is 11.8 Å². The van der Waals surface area contributed by atoms with Crippen LogP contribution < -0.4 is 20.3 Å². The Bertz CT molecular complexity index is 643. The number of halogens is 1. The first kappa shape index (κ1) is 20.5. The van der Waals surface area contributed by atoms with Gasteiger partial charge in [0.2, 0.25) is 11.8 Å². The number of rotatable bonds is 6. The SMILES string of the molecule is CCOc1ccccc1N1CC(C(=O)NCC2CNCC2O)CC1=O.Cl. The third-order valence-corrected chi connectivity index (χ3v) is 4.79. The number of nitrogens with zero attached hydrogens (tertiary/aromatic N) is 1. The summed E-state index contributed by atoms with van der Waals surface area (Å²) < 4.78 is 5.59. The molecule has 0 radical (unpaired) electrons. The molecule has 1 aromatic carbocycles. The van der Waals surface area contributed by atoms with E-state index in [1.165, 1.54) is 0 Å². The number of nitrogens with one attached hydrogen (secondary N) is 2. The van der Waals surface area contributed by atoms with Crippen molar-refractivity contribution in [3.63, 3.8) is 0 Å². The molecule has 0 spiro atoms. The highest BCUT2D eigenvalue weighted by Crippen LogP contribution is 2.33.